The molecule has 0 spiro atoms. The minimum absolute atomic E-state index is 0.0403. The smallest absolute Gasteiger partial charge is 0.246 e. The Hall–Kier alpha value is -2.64. The Morgan fingerprint density at radius 2 is 1.77 bits per heavy atom. The Morgan fingerprint density at radius 1 is 1.15 bits per heavy atom. The third kappa shape index (κ3) is 4.71. The van der Waals surface area contributed by atoms with Crippen molar-refractivity contribution in [3.8, 4) is 5.75 Å². The largest absolute Gasteiger partial charge is 0.496 e. The summed E-state index contributed by atoms with van der Waals surface area (Å²) in [4.78, 5) is 14.0. The lowest BCUT2D eigenvalue weighted by Crippen LogP contribution is -2.28. The van der Waals surface area contributed by atoms with Crippen molar-refractivity contribution in [2.45, 2.75) is 17.9 Å². The molecule has 0 aliphatic rings. The van der Waals surface area contributed by atoms with E-state index in [0.717, 1.165) is 11.1 Å². The maximum absolute atomic E-state index is 12.4. The van der Waals surface area contributed by atoms with Crippen molar-refractivity contribution in [3.05, 3.63) is 65.7 Å². The zero-order valence-corrected chi connectivity index (χ0v) is 15.7. The van der Waals surface area contributed by atoms with Gasteiger partial charge in [0.15, 0.2) is 0 Å². The molecule has 0 fully saturated rings. The molecule has 1 amide bonds. The molecular weight excluding hydrogens is 352 g/mol. The summed E-state index contributed by atoms with van der Waals surface area (Å²) in [7, 11) is -0.466. The van der Waals surface area contributed by atoms with Gasteiger partial charge in [0.1, 0.15) is 5.75 Å². The average Bonchev–Trinajstić information content (AvgIpc) is 2.64. The molecule has 0 heterocycles. The van der Waals surface area contributed by atoms with Crippen LogP contribution in [0.2, 0.25) is 0 Å². The Balaban J connectivity index is 2.13. The predicted molar refractivity (Wildman–Crippen MR) is 101 cm³/mol. The fourth-order valence-electron chi connectivity index (χ4n) is 2.43. The number of nitrogens with zero attached hydrogens (tertiary/aromatic N) is 1. The summed E-state index contributed by atoms with van der Waals surface area (Å²) in [5, 5.41) is 5.10. The minimum Gasteiger partial charge on any atom is -0.496 e. The first kappa shape index (κ1) is 19.7. The second-order valence-corrected chi connectivity index (χ2v) is 7.38. The van der Waals surface area contributed by atoms with Gasteiger partial charge in [0.25, 0.3) is 0 Å². The molecule has 0 radical (unpaired) electrons. The van der Waals surface area contributed by atoms with E-state index in [-0.39, 0.29) is 16.8 Å². The Kier molecular flexibility index (Phi) is 6.18. The van der Waals surface area contributed by atoms with E-state index in [2.05, 4.69) is 0 Å². The van der Waals surface area contributed by atoms with Gasteiger partial charge >= 0.3 is 0 Å². The van der Waals surface area contributed by atoms with Gasteiger partial charge < -0.3 is 9.64 Å². The van der Waals surface area contributed by atoms with Crippen LogP contribution in [0, 0.1) is 0 Å². The molecule has 138 valence electrons. The second kappa shape index (κ2) is 8.16. The third-order valence-corrected chi connectivity index (χ3v) is 5.09. The fourth-order valence-corrected chi connectivity index (χ4v) is 2.95. The Bertz CT molecular complexity index is 905. The molecule has 0 aliphatic carbocycles. The van der Waals surface area contributed by atoms with Crippen molar-refractivity contribution < 1.29 is 17.9 Å². The van der Waals surface area contributed by atoms with Gasteiger partial charge in [-0.2, -0.15) is 0 Å². The highest BCUT2D eigenvalue weighted by molar-refractivity contribution is 7.89. The van der Waals surface area contributed by atoms with Gasteiger partial charge in [-0.05, 0) is 36.8 Å². The van der Waals surface area contributed by atoms with Crippen molar-refractivity contribution in [2.75, 3.05) is 14.2 Å². The van der Waals surface area contributed by atoms with Crippen molar-refractivity contribution in [1.82, 2.24) is 4.90 Å². The summed E-state index contributed by atoms with van der Waals surface area (Å²) < 4.78 is 27.9. The fraction of sp³-hybridized carbons (Fsp3) is 0.211. The summed E-state index contributed by atoms with van der Waals surface area (Å²) in [6, 6.07) is 13.3. The number of rotatable bonds is 6. The van der Waals surface area contributed by atoms with Crippen molar-refractivity contribution in [3.63, 3.8) is 0 Å². The van der Waals surface area contributed by atoms with E-state index in [4.69, 9.17) is 9.88 Å². The standard InChI is InChI=1S/C19H22N2O4S/c1-14(15-8-11-17(12-9-15)26(20,23)24)21(2)19(22)13-10-16-6-4-5-7-18(16)25-3/h4-14H,1-3H3,(H2,20,23,24)/b13-10+. The number of primary sulfonamides is 1. The van der Waals surface area contributed by atoms with E-state index in [1.165, 1.54) is 18.2 Å². The maximum atomic E-state index is 12.4. The molecule has 0 saturated carbocycles. The lowest BCUT2D eigenvalue weighted by Gasteiger charge is -2.24. The number of carbonyl (C=O) groups is 1. The van der Waals surface area contributed by atoms with Gasteiger partial charge in [-0.3, -0.25) is 4.79 Å². The van der Waals surface area contributed by atoms with Crippen LogP contribution in [0.3, 0.4) is 0 Å². The van der Waals surface area contributed by atoms with E-state index in [0.29, 0.717) is 5.75 Å². The highest BCUT2D eigenvalue weighted by Crippen LogP contribution is 2.22. The van der Waals surface area contributed by atoms with Gasteiger partial charge in [0, 0.05) is 18.7 Å². The molecule has 26 heavy (non-hydrogen) atoms. The number of hydrogen-bond acceptors (Lipinski definition) is 4. The Labute approximate surface area is 153 Å². The Morgan fingerprint density at radius 3 is 2.35 bits per heavy atom. The lowest BCUT2D eigenvalue weighted by atomic mass is 10.1. The van der Waals surface area contributed by atoms with Crippen molar-refractivity contribution in [2.24, 2.45) is 5.14 Å². The van der Waals surface area contributed by atoms with E-state index in [9.17, 15) is 13.2 Å². The molecule has 2 aromatic carbocycles. The van der Waals surface area contributed by atoms with Gasteiger partial charge in [-0.15, -0.1) is 0 Å². The molecule has 6 nitrogen and oxygen atoms in total. The van der Waals surface area contributed by atoms with Gasteiger partial charge in [0.05, 0.1) is 18.0 Å². The van der Waals surface area contributed by atoms with E-state index in [1.54, 1.807) is 37.3 Å². The zero-order chi connectivity index (χ0) is 19.3. The van der Waals surface area contributed by atoms with Crippen molar-refractivity contribution >= 4 is 22.0 Å². The molecule has 0 bridgehead atoms. The first-order valence-electron chi connectivity index (χ1n) is 7.94. The number of carbonyl (C=O) groups excluding carboxylic acids is 1. The van der Waals surface area contributed by atoms with Crippen LogP contribution in [-0.4, -0.2) is 33.4 Å². The molecule has 2 N–H and O–H groups in total. The molecule has 1 unspecified atom stereocenters. The number of ether oxygens (including phenoxy) is 1. The predicted octanol–water partition coefficient (Wildman–Crippen LogP) is 2.58. The molecule has 7 heteroatoms. The molecule has 0 aliphatic heterocycles. The number of para-hydroxylation sites is 1. The SMILES string of the molecule is COc1ccccc1/C=C/C(=O)N(C)C(C)c1ccc(S(N)(=O)=O)cc1. The lowest BCUT2D eigenvalue weighted by molar-refractivity contribution is -0.126. The summed E-state index contributed by atoms with van der Waals surface area (Å²) in [6.45, 7) is 1.86. The van der Waals surface area contributed by atoms with Crippen molar-refractivity contribution in [1.29, 1.82) is 0 Å². The molecule has 0 saturated heterocycles. The first-order chi connectivity index (χ1) is 12.2. The second-order valence-electron chi connectivity index (χ2n) is 5.81. The third-order valence-electron chi connectivity index (χ3n) is 4.16. The number of benzene rings is 2. The summed E-state index contributed by atoms with van der Waals surface area (Å²) in [5.41, 5.74) is 1.61. The summed E-state index contributed by atoms with van der Waals surface area (Å²) >= 11 is 0. The average molecular weight is 374 g/mol. The van der Waals surface area contributed by atoms with Crippen LogP contribution in [0.5, 0.6) is 5.75 Å². The normalized spacial score (nSPS) is 12.8. The van der Waals surface area contributed by atoms with Gasteiger partial charge in [-0.1, -0.05) is 30.3 Å². The van der Waals surface area contributed by atoms with Gasteiger partial charge in [0.2, 0.25) is 15.9 Å². The highest BCUT2D eigenvalue weighted by Gasteiger charge is 2.16. The molecular formula is C19H22N2O4S. The molecule has 0 aromatic heterocycles. The maximum Gasteiger partial charge on any atom is 0.246 e. The van der Waals surface area contributed by atoms with Crippen LogP contribution in [0.1, 0.15) is 24.1 Å². The van der Waals surface area contributed by atoms with E-state index < -0.39 is 10.0 Å². The van der Waals surface area contributed by atoms with Crippen LogP contribution < -0.4 is 9.88 Å². The van der Waals surface area contributed by atoms with Crippen LogP contribution in [-0.2, 0) is 14.8 Å². The van der Waals surface area contributed by atoms with Crippen LogP contribution in [0.4, 0.5) is 0 Å². The quantitative estimate of drug-likeness (QED) is 0.787. The molecule has 1 atom stereocenters. The number of likely N-dealkylation sites (N-methyl/N-ethyl adjacent to an activating group) is 1. The number of hydrogen-bond donors (Lipinski definition) is 1. The number of amides is 1. The van der Waals surface area contributed by atoms with Crippen LogP contribution >= 0.6 is 0 Å². The number of methoxy groups -OCH3 is 1. The number of nitrogens with two attached hydrogens (primary N) is 1. The highest BCUT2D eigenvalue weighted by atomic mass is 32.2. The van der Waals surface area contributed by atoms with Gasteiger partial charge in [-0.25, -0.2) is 13.6 Å². The van der Waals surface area contributed by atoms with E-state index in [1.807, 2.05) is 31.2 Å². The van der Waals surface area contributed by atoms with Crippen LogP contribution in [0.15, 0.2) is 59.5 Å². The minimum atomic E-state index is -3.73. The summed E-state index contributed by atoms with van der Waals surface area (Å²) in [6.07, 6.45) is 3.18. The zero-order valence-electron chi connectivity index (χ0n) is 14.9. The topological polar surface area (TPSA) is 89.7 Å². The number of sulfonamides is 1. The van der Waals surface area contributed by atoms with E-state index >= 15 is 0 Å². The summed E-state index contributed by atoms with van der Waals surface area (Å²) in [5.74, 6) is 0.504. The molecule has 2 aromatic rings. The monoisotopic (exact) mass is 374 g/mol. The van der Waals surface area contributed by atoms with Crippen LogP contribution in [0.25, 0.3) is 6.08 Å². The molecule has 2 rings (SSSR count). The first-order valence-corrected chi connectivity index (χ1v) is 9.49.